The average Bonchev–Trinajstić information content (AvgIpc) is 3.69. The molecule has 0 aliphatic rings. The minimum absolute atomic E-state index is 0.00165. The Kier molecular flexibility index (Phi) is 4.96. The molecular weight excluding hydrogens is 615 g/mol. The fourth-order valence-electron chi connectivity index (χ4n) is 5.76. The number of rotatable bonds is 6. The Morgan fingerprint density at radius 3 is 1.47 bits per heavy atom. The molecule has 7 aromatic carbocycles. The van der Waals surface area contributed by atoms with E-state index in [1.54, 1.807) is 0 Å². The van der Waals surface area contributed by atoms with Gasteiger partial charge in [-0.05, 0) is 57.6 Å². The van der Waals surface area contributed by atoms with Crippen molar-refractivity contribution in [2.45, 2.75) is 0 Å². The van der Waals surface area contributed by atoms with Crippen LogP contribution < -0.4 is 0 Å². The van der Waals surface area contributed by atoms with Crippen LogP contribution in [0.1, 0.15) is 15.1 Å². The maximum absolute atomic E-state index is 9.73. The monoisotopic (exact) mass is 654 g/mol. The van der Waals surface area contributed by atoms with Gasteiger partial charge < -0.3 is 0 Å². The number of aromatic nitrogens is 3. The van der Waals surface area contributed by atoms with Crippen molar-refractivity contribution in [1.29, 1.82) is 0 Å². The summed E-state index contributed by atoms with van der Waals surface area (Å²) in [6.07, 6.45) is 0. The van der Waals surface area contributed by atoms with Crippen LogP contribution in [0.15, 0.2) is 176 Å². The summed E-state index contributed by atoms with van der Waals surface area (Å²) >= 11 is 0.876. The minimum atomic E-state index is -0.653. The molecule has 0 bridgehead atoms. The standard InChI is InChI=1S/C45H29N3S/c1-4-11-30(12-5-1)32-19-23-35(24-20-32)43-46-44(36-25-21-33(22-26-36)31-13-6-2-7-14-31)48-45(47-43)37-27-28-40-39(29-37)42-38(17-10-18-41(42)49-40)34-15-8-3-9-16-34/h1-29H/i3D,8D,9D,10D,15D,16D,17D,18D,27D,28D,29D. The van der Waals surface area contributed by atoms with Gasteiger partial charge in [0.1, 0.15) is 0 Å². The molecule has 0 amide bonds. The third-order valence-corrected chi connectivity index (χ3v) is 9.20. The fraction of sp³-hybridized carbons (Fsp3) is 0. The first kappa shape index (κ1) is 19.6. The molecule has 0 saturated carbocycles. The molecule has 0 aliphatic carbocycles. The first-order valence-electron chi connectivity index (χ1n) is 21.0. The van der Waals surface area contributed by atoms with E-state index in [1.807, 2.05) is 109 Å². The van der Waals surface area contributed by atoms with E-state index >= 15 is 0 Å². The van der Waals surface area contributed by atoms with Crippen molar-refractivity contribution in [2.75, 3.05) is 0 Å². The first-order chi connectivity index (χ1) is 28.8. The van der Waals surface area contributed by atoms with E-state index in [9.17, 15) is 4.11 Å². The molecule has 9 rings (SSSR count). The van der Waals surface area contributed by atoms with Crippen molar-refractivity contribution in [3.05, 3.63) is 176 Å². The lowest BCUT2D eigenvalue weighted by Crippen LogP contribution is -2.00. The summed E-state index contributed by atoms with van der Waals surface area (Å²) < 4.78 is 97.4. The van der Waals surface area contributed by atoms with Crippen molar-refractivity contribution in [2.24, 2.45) is 0 Å². The molecule has 230 valence electrons. The normalized spacial score (nSPS) is 14.4. The lowest BCUT2D eigenvalue weighted by atomic mass is 9.99. The van der Waals surface area contributed by atoms with Crippen LogP contribution in [-0.2, 0) is 0 Å². The number of benzene rings is 7. The summed E-state index contributed by atoms with van der Waals surface area (Å²) in [6.45, 7) is 0. The van der Waals surface area contributed by atoms with E-state index in [2.05, 4.69) is 0 Å². The number of nitrogens with zero attached hydrogens (tertiary/aromatic N) is 3. The van der Waals surface area contributed by atoms with Crippen molar-refractivity contribution in [3.63, 3.8) is 0 Å². The molecule has 2 aromatic heterocycles. The van der Waals surface area contributed by atoms with Gasteiger partial charge in [0.2, 0.25) is 0 Å². The predicted molar refractivity (Wildman–Crippen MR) is 205 cm³/mol. The molecule has 0 spiro atoms. The maximum atomic E-state index is 9.73. The van der Waals surface area contributed by atoms with Crippen molar-refractivity contribution in [3.8, 4) is 67.5 Å². The first-order valence-corrected chi connectivity index (χ1v) is 16.3. The summed E-state index contributed by atoms with van der Waals surface area (Å²) in [5, 5.41) is 0.0135. The van der Waals surface area contributed by atoms with Gasteiger partial charge in [0.15, 0.2) is 17.5 Å². The Labute approximate surface area is 304 Å². The van der Waals surface area contributed by atoms with Crippen LogP contribution >= 0.6 is 11.3 Å². The van der Waals surface area contributed by atoms with Crippen molar-refractivity contribution in [1.82, 2.24) is 15.0 Å². The van der Waals surface area contributed by atoms with Crippen LogP contribution in [0.25, 0.3) is 87.7 Å². The zero-order valence-electron chi connectivity index (χ0n) is 36.6. The molecule has 0 fully saturated rings. The molecule has 0 unspecified atom stereocenters. The van der Waals surface area contributed by atoms with E-state index in [-0.39, 0.29) is 78.5 Å². The van der Waals surface area contributed by atoms with E-state index in [0.717, 1.165) is 33.6 Å². The van der Waals surface area contributed by atoms with Crippen molar-refractivity contribution >= 4 is 31.5 Å². The highest BCUT2D eigenvalue weighted by molar-refractivity contribution is 7.26. The fourth-order valence-corrected chi connectivity index (χ4v) is 6.73. The molecule has 2 heterocycles. The Balaban J connectivity index is 1.32. The summed E-state index contributed by atoms with van der Waals surface area (Å²) in [5.41, 5.74) is 4.47. The zero-order valence-corrected chi connectivity index (χ0v) is 26.5. The Hall–Kier alpha value is -6.23. The topological polar surface area (TPSA) is 38.7 Å². The van der Waals surface area contributed by atoms with Crippen LogP contribution in [-0.4, -0.2) is 15.0 Å². The molecule has 49 heavy (non-hydrogen) atoms. The third-order valence-electron chi connectivity index (χ3n) is 8.18. The molecule has 0 saturated heterocycles. The van der Waals surface area contributed by atoms with Gasteiger partial charge in [0.05, 0.1) is 15.1 Å². The van der Waals surface area contributed by atoms with E-state index in [1.165, 1.54) is 0 Å². The Morgan fingerprint density at radius 2 is 0.898 bits per heavy atom. The molecule has 0 N–H and O–H groups in total. The molecule has 0 radical (unpaired) electrons. The molecule has 0 aliphatic heterocycles. The number of hydrogen-bond acceptors (Lipinski definition) is 4. The van der Waals surface area contributed by atoms with Gasteiger partial charge in [-0.15, -0.1) is 11.3 Å². The lowest BCUT2D eigenvalue weighted by molar-refractivity contribution is 1.07. The quantitative estimate of drug-likeness (QED) is 0.179. The summed E-state index contributed by atoms with van der Waals surface area (Å²) in [4.78, 5) is 14.5. The third kappa shape index (κ3) is 5.58. The predicted octanol–water partition coefficient (Wildman–Crippen LogP) is 12.2. The van der Waals surface area contributed by atoms with Gasteiger partial charge in [0, 0.05) is 36.9 Å². The van der Waals surface area contributed by atoms with Crippen LogP contribution in [0.4, 0.5) is 0 Å². The largest absolute Gasteiger partial charge is 0.208 e. The van der Waals surface area contributed by atoms with Gasteiger partial charge in [-0.25, -0.2) is 15.0 Å². The van der Waals surface area contributed by atoms with Crippen LogP contribution in [0, 0.1) is 0 Å². The number of thiophene rings is 1. The Morgan fingerprint density at radius 1 is 0.388 bits per heavy atom. The van der Waals surface area contributed by atoms with E-state index in [0.29, 0.717) is 11.1 Å². The van der Waals surface area contributed by atoms with E-state index in [4.69, 9.17) is 25.9 Å². The van der Waals surface area contributed by atoms with Gasteiger partial charge in [-0.2, -0.15) is 0 Å². The van der Waals surface area contributed by atoms with Gasteiger partial charge in [-0.1, -0.05) is 151 Å². The highest BCUT2D eigenvalue weighted by atomic mass is 32.1. The van der Waals surface area contributed by atoms with Gasteiger partial charge in [-0.3, -0.25) is 0 Å². The number of hydrogen-bond donors (Lipinski definition) is 0. The second-order valence-electron chi connectivity index (χ2n) is 11.2. The summed E-state index contributed by atoms with van der Waals surface area (Å²) in [7, 11) is 0. The molecule has 4 heteroatoms. The number of fused-ring (bicyclic) bond motifs is 3. The second kappa shape index (κ2) is 12.4. The Bertz CT molecular complexity index is 3060. The molecule has 0 atom stereocenters. The summed E-state index contributed by atoms with van der Waals surface area (Å²) in [5.74, 6) is 0.392. The lowest BCUT2D eigenvalue weighted by Gasteiger charge is -2.10. The van der Waals surface area contributed by atoms with E-state index < -0.39 is 42.3 Å². The van der Waals surface area contributed by atoms with Gasteiger partial charge in [0.25, 0.3) is 0 Å². The zero-order chi connectivity index (χ0) is 42.1. The maximum Gasteiger partial charge on any atom is 0.164 e. The summed E-state index contributed by atoms with van der Waals surface area (Å²) in [6, 6.07) is 29.2. The van der Waals surface area contributed by atoms with Gasteiger partial charge >= 0.3 is 0 Å². The molecule has 9 aromatic rings. The average molecular weight is 655 g/mol. The highest BCUT2D eigenvalue weighted by Crippen LogP contribution is 2.41. The molecule has 3 nitrogen and oxygen atoms in total. The van der Waals surface area contributed by atoms with Crippen molar-refractivity contribution < 1.29 is 15.1 Å². The second-order valence-corrected chi connectivity index (χ2v) is 12.2. The minimum Gasteiger partial charge on any atom is -0.208 e. The smallest absolute Gasteiger partial charge is 0.164 e. The highest BCUT2D eigenvalue weighted by Gasteiger charge is 2.16. The van der Waals surface area contributed by atoms with Crippen LogP contribution in [0.2, 0.25) is 0 Å². The van der Waals surface area contributed by atoms with Crippen LogP contribution in [0.3, 0.4) is 0 Å². The molecular formula is C45H29N3S. The SMILES string of the molecule is [2H]c1c([2H])c([2H])c(-c2c([2H])c([2H])c([2H])c3sc4c([2H])c([2H])c(-c5nc(-c6ccc(-c7ccccc7)cc6)nc(-c6ccc(-c7ccccc7)cc6)n5)c([2H])c4c23)c([2H])c1[2H]. The van der Waals surface area contributed by atoms with Crippen LogP contribution in [0.5, 0.6) is 0 Å².